The zero-order chi connectivity index (χ0) is 29.8. The van der Waals surface area contributed by atoms with Gasteiger partial charge in [-0.2, -0.15) is 13.2 Å². The molecule has 6 nitrogen and oxygen atoms in total. The molecule has 0 heterocycles. The van der Waals surface area contributed by atoms with Crippen LogP contribution >= 0.6 is 0 Å². The SMILES string of the molecule is [2H]c1c([2H])c(NC(=O)C(O)(C([2H])([2H])C)C([2H])([2H])S(=O)(=O)c2ccc(F)cc2C)c([2H])c(C(F)(F)F)c1[N+]#[C-]. The van der Waals surface area contributed by atoms with E-state index in [0.29, 0.717) is 25.1 Å². The van der Waals surface area contributed by atoms with E-state index in [1.54, 1.807) is 0 Å². The molecule has 0 radical (unpaired) electrons. The van der Waals surface area contributed by atoms with Gasteiger partial charge in [0.25, 0.3) is 5.91 Å². The Morgan fingerprint density at radius 3 is 2.52 bits per heavy atom. The van der Waals surface area contributed by atoms with E-state index in [9.17, 15) is 35.9 Å². The molecule has 0 spiro atoms. The van der Waals surface area contributed by atoms with Crippen LogP contribution < -0.4 is 5.32 Å². The Labute approximate surface area is 186 Å². The first-order valence-corrected chi connectivity index (χ1v) is 9.59. The number of rotatable bonds is 6. The first kappa shape index (κ1) is 15.8. The number of carbonyl (C=O) groups excluding carboxylic acids is 1. The predicted molar refractivity (Wildman–Crippen MR) is 105 cm³/mol. The van der Waals surface area contributed by atoms with Crippen molar-refractivity contribution < 1.29 is 45.5 Å². The number of aryl methyl sites for hydroxylation is 1. The van der Waals surface area contributed by atoms with Crippen molar-refractivity contribution in [3.8, 4) is 0 Å². The highest BCUT2D eigenvalue weighted by Crippen LogP contribution is 2.38. The third kappa shape index (κ3) is 5.39. The number of hydrogen-bond acceptors (Lipinski definition) is 4. The Hall–Kier alpha value is -2.97. The standard InChI is InChI=1S/C20H18F4N2O4S/c1-4-19(28,11-31(29,30)17-8-5-13(21)9-12(17)2)18(27)26-14-6-7-16(25-3)15(10-14)20(22,23)24/h5-10,28H,4,11H2,1-2H3,(H,26,27)/i4D2,6D,7D,10D,11D2. The summed E-state index contributed by atoms with van der Waals surface area (Å²) >= 11 is 0. The molecule has 31 heavy (non-hydrogen) atoms. The molecule has 1 unspecified atom stereocenters. The van der Waals surface area contributed by atoms with Gasteiger partial charge in [0.1, 0.15) is 5.82 Å². The molecule has 0 aromatic heterocycles. The Balaban J connectivity index is 2.84. The Kier molecular flexibility index (Phi) is 4.40. The van der Waals surface area contributed by atoms with Gasteiger partial charge in [-0.25, -0.2) is 17.7 Å². The lowest BCUT2D eigenvalue weighted by molar-refractivity contribution is -0.137. The van der Waals surface area contributed by atoms with Crippen LogP contribution in [0.15, 0.2) is 41.2 Å². The number of aliphatic hydroxyl groups is 1. The number of sulfone groups is 1. The van der Waals surface area contributed by atoms with Gasteiger partial charge < -0.3 is 10.4 Å². The van der Waals surface area contributed by atoms with Crippen molar-refractivity contribution in [2.24, 2.45) is 0 Å². The van der Waals surface area contributed by atoms with Gasteiger partial charge in [-0.05, 0) is 49.1 Å². The zero-order valence-corrected chi connectivity index (χ0v) is 16.6. The molecule has 2 aromatic rings. The predicted octanol–water partition coefficient (Wildman–Crippen LogP) is 4.26. The zero-order valence-electron chi connectivity index (χ0n) is 22.8. The average Bonchev–Trinajstić information content (AvgIpc) is 2.75. The molecule has 0 bridgehead atoms. The number of amides is 1. The van der Waals surface area contributed by atoms with Crippen molar-refractivity contribution in [2.75, 3.05) is 11.0 Å². The van der Waals surface area contributed by atoms with E-state index in [0.717, 1.165) is 6.92 Å². The van der Waals surface area contributed by atoms with Crippen LogP contribution in [0, 0.1) is 19.3 Å². The van der Waals surface area contributed by atoms with Gasteiger partial charge in [0.05, 0.1) is 25.5 Å². The van der Waals surface area contributed by atoms with Crippen molar-refractivity contribution in [2.45, 2.75) is 36.9 Å². The summed E-state index contributed by atoms with van der Waals surface area (Å²) < 4.78 is 136. The van der Waals surface area contributed by atoms with Gasteiger partial charge >= 0.3 is 6.18 Å². The number of hydrogen-bond donors (Lipinski definition) is 2. The van der Waals surface area contributed by atoms with Crippen LogP contribution in [0.25, 0.3) is 4.85 Å². The van der Waals surface area contributed by atoms with E-state index in [-0.39, 0.29) is 0 Å². The normalized spacial score (nSPS) is 18.1. The van der Waals surface area contributed by atoms with Crippen LogP contribution in [0.4, 0.5) is 28.9 Å². The summed E-state index contributed by atoms with van der Waals surface area (Å²) in [6, 6.07) is -2.61. The molecule has 0 aliphatic carbocycles. The third-order valence-corrected chi connectivity index (χ3v) is 5.43. The molecule has 2 aromatic carbocycles. The average molecular weight is 465 g/mol. The lowest BCUT2D eigenvalue weighted by atomic mass is 10.0. The molecule has 0 aliphatic rings. The largest absolute Gasteiger partial charge is 0.407 e. The van der Waals surface area contributed by atoms with Crippen molar-refractivity contribution in [1.29, 1.82) is 0 Å². The lowest BCUT2D eigenvalue weighted by Crippen LogP contribution is -2.48. The van der Waals surface area contributed by atoms with Gasteiger partial charge in [-0.1, -0.05) is 13.0 Å². The molecule has 2 rings (SSSR count). The number of alkyl halides is 3. The highest BCUT2D eigenvalue weighted by molar-refractivity contribution is 7.91. The fourth-order valence-electron chi connectivity index (χ4n) is 2.33. The van der Waals surface area contributed by atoms with Crippen molar-refractivity contribution >= 4 is 27.1 Å². The number of carbonyl (C=O) groups is 1. The summed E-state index contributed by atoms with van der Waals surface area (Å²) in [6.07, 6.45) is -8.95. The van der Waals surface area contributed by atoms with E-state index in [2.05, 4.69) is 4.85 Å². The molecule has 2 N–H and O–H groups in total. The van der Waals surface area contributed by atoms with Crippen LogP contribution in [-0.4, -0.2) is 30.7 Å². The highest BCUT2D eigenvalue weighted by Gasteiger charge is 2.40. The number of benzene rings is 2. The molecule has 0 saturated heterocycles. The topological polar surface area (TPSA) is 87.8 Å². The van der Waals surface area contributed by atoms with E-state index in [1.807, 2.05) is 0 Å². The second kappa shape index (κ2) is 8.64. The number of halogens is 4. The van der Waals surface area contributed by atoms with Crippen molar-refractivity contribution in [3.63, 3.8) is 0 Å². The van der Waals surface area contributed by atoms with Crippen LogP contribution in [0.3, 0.4) is 0 Å². The molecule has 1 amide bonds. The Morgan fingerprint density at radius 2 is 2.00 bits per heavy atom. The minimum Gasteiger partial charge on any atom is -0.379 e. The summed E-state index contributed by atoms with van der Waals surface area (Å²) in [6.45, 7) is 8.30. The molecule has 166 valence electrons. The third-order valence-electron chi connectivity index (χ3n) is 3.83. The van der Waals surface area contributed by atoms with E-state index >= 15 is 0 Å². The second-order valence-electron chi connectivity index (χ2n) is 6.01. The van der Waals surface area contributed by atoms with Crippen LogP contribution in [-0.2, 0) is 20.8 Å². The molecule has 1 atom stereocenters. The van der Waals surface area contributed by atoms with E-state index in [4.69, 9.17) is 16.2 Å². The summed E-state index contributed by atoms with van der Waals surface area (Å²) in [5.41, 5.74) is -13.9. The number of nitrogens with one attached hydrogen (secondary N) is 1. The molecule has 11 heteroatoms. The minimum absolute atomic E-state index is 0.389. The molecule has 0 aliphatic heterocycles. The monoisotopic (exact) mass is 465 g/mol. The maximum absolute atomic E-state index is 13.6. The molecule has 0 fully saturated rings. The van der Waals surface area contributed by atoms with Crippen molar-refractivity contribution in [1.82, 2.24) is 0 Å². The molecular formula is C20H18F4N2O4S. The lowest BCUT2D eigenvalue weighted by Gasteiger charge is -2.26. The summed E-state index contributed by atoms with van der Waals surface area (Å²) in [4.78, 5) is 14.7. The van der Waals surface area contributed by atoms with Gasteiger partial charge in [-0.3, -0.25) is 4.79 Å². The van der Waals surface area contributed by atoms with Crippen LogP contribution in [0.5, 0.6) is 0 Å². The van der Waals surface area contributed by atoms with Crippen LogP contribution in [0.2, 0.25) is 0 Å². The fourth-order valence-corrected chi connectivity index (χ4v) is 3.75. The summed E-state index contributed by atoms with van der Waals surface area (Å²) in [5, 5.41) is 12.5. The van der Waals surface area contributed by atoms with Gasteiger partial charge in [0.15, 0.2) is 21.1 Å². The highest BCUT2D eigenvalue weighted by atomic mass is 32.2. The second-order valence-corrected chi connectivity index (χ2v) is 7.66. The van der Waals surface area contributed by atoms with Crippen LogP contribution in [0.1, 0.15) is 34.0 Å². The number of nitrogens with zero attached hydrogens (tertiary/aromatic N) is 1. The van der Waals surface area contributed by atoms with Crippen molar-refractivity contribution in [3.05, 3.63) is 64.7 Å². The maximum atomic E-state index is 13.6. The Morgan fingerprint density at radius 1 is 1.35 bits per heavy atom. The molecular weight excluding hydrogens is 440 g/mol. The first-order chi connectivity index (χ1) is 17.0. The first-order valence-electron chi connectivity index (χ1n) is 11.6. The fraction of sp³-hybridized carbons (Fsp3) is 0.300. The Bertz CT molecular complexity index is 1470. The maximum Gasteiger partial charge on any atom is 0.407 e. The van der Waals surface area contributed by atoms with E-state index < -0.39 is 90.9 Å². The van der Waals surface area contributed by atoms with Gasteiger partial charge in [0.2, 0.25) is 0 Å². The number of anilines is 1. The van der Waals surface area contributed by atoms with Gasteiger partial charge in [-0.15, -0.1) is 0 Å². The minimum atomic E-state index is -5.57. The quantitative estimate of drug-likeness (QED) is 0.379. The summed E-state index contributed by atoms with van der Waals surface area (Å²) in [7, 11) is -5.57. The van der Waals surface area contributed by atoms with Gasteiger partial charge in [0, 0.05) is 12.5 Å². The molecule has 0 saturated carbocycles. The van der Waals surface area contributed by atoms with E-state index in [1.165, 1.54) is 5.32 Å². The smallest absolute Gasteiger partial charge is 0.379 e. The summed E-state index contributed by atoms with van der Waals surface area (Å²) in [5.74, 6) is -3.25.